The summed E-state index contributed by atoms with van der Waals surface area (Å²) in [6.45, 7) is 2.31. The SMILES string of the molecule is Cc1ccc(CSc2nc3cc4c(cc3[nH]2)OCO4)nc1. The van der Waals surface area contributed by atoms with E-state index in [-0.39, 0.29) is 6.79 Å². The van der Waals surface area contributed by atoms with Gasteiger partial charge in [-0.2, -0.15) is 0 Å². The van der Waals surface area contributed by atoms with Gasteiger partial charge in [0.05, 0.1) is 16.7 Å². The lowest BCUT2D eigenvalue weighted by Gasteiger charge is -1.98. The monoisotopic (exact) mass is 299 g/mol. The molecule has 0 saturated carbocycles. The maximum absolute atomic E-state index is 5.37. The molecule has 0 saturated heterocycles. The van der Waals surface area contributed by atoms with Gasteiger partial charge in [-0.1, -0.05) is 17.8 Å². The van der Waals surface area contributed by atoms with Crippen molar-refractivity contribution >= 4 is 22.8 Å². The summed E-state index contributed by atoms with van der Waals surface area (Å²) in [5, 5.41) is 0.871. The summed E-state index contributed by atoms with van der Waals surface area (Å²) in [6, 6.07) is 7.95. The highest BCUT2D eigenvalue weighted by Gasteiger charge is 2.16. The molecule has 0 spiro atoms. The van der Waals surface area contributed by atoms with E-state index < -0.39 is 0 Å². The number of rotatable bonds is 3. The average Bonchev–Trinajstić information content (AvgIpc) is 3.09. The van der Waals surface area contributed by atoms with Crippen molar-refractivity contribution in [1.82, 2.24) is 15.0 Å². The average molecular weight is 299 g/mol. The second kappa shape index (κ2) is 4.96. The Morgan fingerprint density at radius 2 is 2.10 bits per heavy atom. The number of aromatic nitrogens is 3. The number of hydrogen-bond acceptors (Lipinski definition) is 5. The highest BCUT2D eigenvalue weighted by atomic mass is 32.2. The molecule has 0 atom stereocenters. The van der Waals surface area contributed by atoms with Gasteiger partial charge < -0.3 is 14.5 Å². The third kappa shape index (κ3) is 2.42. The van der Waals surface area contributed by atoms with E-state index in [4.69, 9.17) is 9.47 Å². The van der Waals surface area contributed by atoms with Gasteiger partial charge in [0.15, 0.2) is 16.7 Å². The van der Waals surface area contributed by atoms with Gasteiger partial charge >= 0.3 is 0 Å². The standard InChI is InChI=1S/C15H13N3O2S/c1-9-2-3-10(16-6-9)7-21-15-17-11-4-13-14(20-8-19-13)5-12(11)18-15/h2-6H,7-8H2,1H3,(H,17,18). The summed E-state index contributed by atoms with van der Waals surface area (Å²) in [6.07, 6.45) is 1.88. The number of nitrogens with zero attached hydrogens (tertiary/aromatic N) is 2. The molecule has 2 aromatic heterocycles. The lowest BCUT2D eigenvalue weighted by molar-refractivity contribution is 0.174. The molecule has 3 aromatic rings. The lowest BCUT2D eigenvalue weighted by Crippen LogP contribution is -1.92. The fourth-order valence-electron chi connectivity index (χ4n) is 2.17. The summed E-state index contributed by atoms with van der Waals surface area (Å²) in [4.78, 5) is 12.3. The van der Waals surface area contributed by atoms with E-state index in [9.17, 15) is 0 Å². The Labute approximate surface area is 125 Å². The molecule has 0 bridgehead atoms. The zero-order valence-corrected chi connectivity index (χ0v) is 12.2. The number of imidazole rings is 1. The summed E-state index contributed by atoms with van der Waals surface area (Å²) < 4.78 is 10.7. The number of benzene rings is 1. The van der Waals surface area contributed by atoms with E-state index in [1.165, 1.54) is 5.56 Å². The third-order valence-corrected chi connectivity index (χ3v) is 4.19. The zero-order valence-electron chi connectivity index (χ0n) is 11.4. The van der Waals surface area contributed by atoms with Gasteiger partial charge in [-0.25, -0.2) is 4.98 Å². The molecule has 1 aliphatic rings. The number of hydrogen-bond donors (Lipinski definition) is 1. The first kappa shape index (κ1) is 12.5. The Morgan fingerprint density at radius 1 is 1.24 bits per heavy atom. The van der Waals surface area contributed by atoms with Gasteiger partial charge in [-0.15, -0.1) is 0 Å². The predicted octanol–water partition coefficient (Wildman–Crippen LogP) is 3.29. The van der Waals surface area contributed by atoms with Crippen molar-refractivity contribution in [3.63, 3.8) is 0 Å². The Hall–Kier alpha value is -2.21. The quantitative estimate of drug-likeness (QED) is 0.752. The molecule has 0 radical (unpaired) electrons. The zero-order chi connectivity index (χ0) is 14.2. The lowest BCUT2D eigenvalue weighted by atomic mass is 10.3. The van der Waals surface area contributed by atoms with Crippen LogP contribution in [0.25, 0.3) is 11.0 Å². The van der Waals surface area contributed by atoms with Crippen LogP contribution in [-0.4, -0.2) is 21.7 Å². The van der Waals surface area contributed by atoms with Crippen LogP contribution >= 0.6 is 11.8 Å². The fourth-order valence-corrected chi connectivity index (χ4v) is 2.97. The van der Waals surface area contributed by atoms with E-state index in [0.29, 0.717) is 0 Å². The van der Waals surface area contributed by atoms with Gasteiger partial charge in [-0.05, 0) is 18.6 Å². The highest BCUT2D eigenvalue weighted by Crippen LogP contribution is 2.36. The summed E-state index contributed by atoms with van der Waals surface area (Å²) in [7, 11) is 0. The molecule has 21 heavy (non-hydrogen) atoms. The fraction of sp³-hybridized carbons (Fsp3) is 0.200. The summed E-state index contributed by atoms with van der Waals surface area (Å²) >= 11 is 1.63. The molecule has 1 aliphatic heterocycles. The molecule has 6 heteroatoms. The van der Waals surface area contributed by atoms with Crippen LogP contribution in [0.4, 0.5) is 0 Å². The van der Waals surface area contributed by atoms with Crippen LogP contribution in [0.3, 0.4) is 0 Å². The summed E-state index contributed by atoms with van der Waals surface area (Å²) in [5.41, 5.74) is 4.06. The number of thioether (sulfide) groups is 1. The van der Waals surface area contributed by atoms with E-state index in [2.05, 4.69) is 21.0 Å². The number of ether oxygens (including phenoxy) is 2. The third-order valence-electron chi connectivity index (χ3n) is 3.28. The van der Waals surface area contributed by atoms with Gasteiger partial charge in [0, 0.05) is 24.1 Å². The van der Waals surface area contributed by atoms with E-state index in [1.807, 2.05) is 31.3 Å². The molecule has 1 aromatic carbocycles. The molecule has 4 rings (SSSR count). The molecule has 3 heterocycles. The number of pyridine rings is 1. The molecule has 0 amide bonds. The molecule has 0 fully saturated rings. The molecular weight excluding hydrogens is 286 g/mol. The van der Waals surface area contributed by atoms with Crippen molar-refractivity contribution < 1.29 is 9.47 Å². The molecule has 0 aliphatic carbocycles. The minimum absolute atomic E-state index is 0.280. The number of fused-ring (bicyclic) bond motifs is 2. The Kier molecular flexibility index (Phi) is 2.96. The van der Waals surface area contributed by atoms with Gasteiger partial charge in [-0.3, -0.25) is 4.98 Å². The second-order valence-corrected chi connectivity index (χ2v) is 5.84. The van der Waals surface area contributed by atoms with Crippen molar-refractivity contribution in [3.8, 4) is 11.5 Å². The predicted molar refractivity (Wildman–Crippen MR) is 80.8 cm³/mol. The minimum Gasteiger partial charge on any atom is -0.454 e. The van der Waals surface area contributed by atoms with Gasteiger partial charge in [0.1, 0.15) is 0 Å². The van der Waals surface area contributed by atoms with E-state index >= 15 is 0 Å². The molecule has 1 N–H and O–H groups in total. The minimum atomic E-state index is 0.280. The van der Waals surface area contributed by atoms with Crippen molar-refractivity contribution in [2.24, 2.45) is 0 Å². The Balaban J connectivity index is 1.55. The van der Waals surface area contributed by atoms with E-state index in [1.54, 1.807) is 11.8 Å². The van der Waals surface area contributed by atoms with E-state index in [0.717, 1.165) is 39.1 Å². The van der Waals surface area contributed by atoms with Crippen molar-refractivity contribution in [3.05, 3.63) is 41.7 Å². The van der Waals surface area contributed by atoms with Crippen LogP contribution in [-0.2, 0) is 5.75 Å². The first-order valence-electron chi connectivity index (χ1n) is 6.62. The Bertz CT molecular complexity index is 758. The van der Waals surface area contributed by atoms with Crippen LogP contribution in [0.1, 0.15) is 11.3 Å². The highest BCUT2D eigenvalue weighted by molar-refractivity contribution is 7.98. The number of H-pyrrole nitrogens is 1. The Morgan fingerprint density at radius 3 is 2.90 bits per heavy atom. The largest absolute Gasteiger partial charge is 0.454 e. The number of aromatic amines is 1. The molecule has 5 nitrogen and oxygen atoms in total. The number of nitrogens with one attached hydrogen (secondary N) is 1. The number of aryl methyl sites for hydroxylation is 1. The molecule has 0 unspecified atom stereocenters. The first-order valence-corrected chi connectivity index (χ1v) is 7.60. The maximum Gasteiger partial charge on any atom is 0.231 e. The van der Waals surface area contributed by atoms with Crippen LogP contribution in [0.2, 0.25) is 0 Å². The molecular formula is C15H13N3O2S. The van der Waals surface area contributed by atoms with Crippen molar-refractivity contribution in [2.75, 3.05) is 6.79 Å². The van der Waals surface area contributed by atoms with Crippen LogP contribution in [0.15, 0.2) is 35.6 Å². The normalized spacial score (nSPS) is 13.0. The van der Waals surface area contributed by atoms with Crippen LogP contribution in [0.5, 0.6) is 11.5 Å². The van der Waals surface area contributed by atoms with Crippen LogP contribution < -0.4 is 9.47 Å². The molecule has 106 valence electrons. The first-order chi connectivity index (χ1) is 10.3. The summed E-state index contributed by atoms with van der Waals surface area (Å²) in [5.74, 6) is 2.31. The van der Waals surface area contributed by atoms with Crippen LogP contribution in [0, 0.1) is 6.92 Å². The topological polar surface area (TPSA) is 60.0 Å². The smallest absolute Gasteiger partial charge is 0.231 e. The van der Waals surface area contributed by atoms with Crippen molar-refractivity contribution in [2.45, 2.75) is 17.8 Å². The maximum atomic E-state index is 5.37. The van der Waals surface area contributed by atoms with Gasteiger partial charge in [0.2, 0.25) is 6.79 Å². The van der Waals surface area contributed by atoms with Gasteiger partial charge in [0.25, 0.3) is 0 Å². The van der Waals surface area contributed by atoms with Crippen molar-refractivity contribution in [1.29, 1.82) is 0 Å². The second-order valence-electron chi connectivity index (χ2n) is 4.88.